The van der Waals surface area contributed by atoms with Crippen molar-refractivity contribution < 1.29 is 14.4 Å². The van der Waals surface area contributed by atoms with Crippen molar-refractivity contribution in [2.45, 2.75) is 31.5 Å². The lowest BCUT2D eigenvalue weighted by atomic mass is 9.92. The fourth-order valence-electron chi connectivity index (χ4n) is 4.23. The second-order valence-electron chi connectivity index (χ2n) is 9.16. The van der Waals surface area contributed by atoms with Gasteiger partial charge < -0.3 is 5.32 Å². The topological polar surface area (TPSA) is 109 Å². The summed E-state index contributed by atoms with van der Waals surface area (Å²) in [5.41, 5.74) is 5.82. The lowest BCUT2D eigenvalue weighted by molar-refractivity contribution is -0.138. The molecule has 1 aliphatic rings. The third kappa shape index (κ3) is 4.66. The molecule has 2 N–H and O–H groups in total. The van der Waals surface area contributed by atoms with E-state index in [9.17, 15) is 14.4 Å². The van der Waals surface area contributed by atoms with E-state index in [1.54, 1.807) is 31.2 Å². The van der Waals surface area contributed by atoms with E-state index in [1.165, 1.54) is 11.8 Å². The van der Waals surface area contributed by atoms with Gasteiger partial charge in [0, 0.05) is 5.56 Å². The maximum Gasteiger partial charge on any atom is 0.344 e. The van der Waals surface area contributed by atoms with Gasteiger partial charge in [0.25, 0.3) is 5.91 Å². The van der Waals surface area contributed by atoms with Crippen molar-refractivity contribution in [2.24, 2.45) is 0 Å². The van der Waals surface area contributed by atoms with E-state index in [4.69, 9.17) is 0 Å². The minimum absolute atomic E-state index is 0.0864. The highest BCUT2D eigenvalue weighted by Crippen LogP contribution is 2.30. The molecule has 192 valence electrons. The number of nitrogens with one attached hydrogen (secondary N) is 2. The van der Waals surface area contributed by atoms with Gasteiger partial charge in [-0.2, -0.15) is 5.01 Å². The van der Waals surface area contributed by atoms with Crippen molar-refractivity contribution in [3.8, 4) is 17.1 Å². The van der Waals surface area contributed by atoms with Crippen LogP contribution in [0.5, 0.6) is 0 Å². The normalized spacial score (nSPS) is 17.0. The molecule has 4 aromatic rings. The molecule has 0 unspecified atom stereocenters. The molecule has 4 amide bonds. The van der Waals surface area contributed by atoms with E-state index in [0.717, 1.165) is 27.4 Å². The van der Waals surface area contributed by atoms with Gasteiger partial charge in [-0.3, -0.25) is 19.6 Å². The molecule has 5 rings (SSSR count). The zero-order valence-corrected chi connectivity index (χ0v) is 22.0. The predicted molar refractivity (Wildman–Crippen MR) is 144 cm³/mol. The summed E-state index contributed by atoms with van der Waals surface area (Å²) in [5.74, 6) is -0.524. The quantitative estimate of drug-likeness (QED) is 0.277. The van der Waals surface area contributed by atoms with Crippen molar-refractivity contribution in [3.63, 3.8) is 0 Å². The number of hydrogen-bond acceptors (Lipinski definition) is 6. The van der Waals surface area contributed by atoms with Crippen LogP contribution in [0.1, 0.15) is 23.6 Å². The molecule has 1 aliphatic heterocycles. The Morgan fingerprint density at radius 2 is 1.63 bits per heavy atom. The number of imide groups is 1. The summed E-state index contributed by atoms with van der Waals surface area (Å²) in [6.45, 7) is 5.69. The third-order valence-electron chi connectivity index (χ3n) is 6.52. The first-order valence-corrected chi connectivity index (χ1v) is 13.0. The van der Waals surface area contributed by atoms with Crippen molar-refractivity contribution >= 4 is 29.6 Å². The molecule has 38 heavy (non-hydrogen) atoms. The van der Waals surface area contributed by atoms with Crippen LogP contribution in [0, 0.1) is 13.8 Å². The summed E-state index contributed by atoms with van der Waals surface area (Å²) in [6, 6.07) is 24.0. The molecule has 1 fully saturated rings. The first-order chi connectivity index (χ1) is 18.3. The molecule has 10 heteroatoms. The molecule has 3 aromatic carbocycles. The first-order valence-electron chi connectivity index (χ1n) is 12.0. The molecule has 9 nitrogen and oxygen atoms in total. The third-order valence-corrected chi connectivity index (χ3v) is 7.45. The monoisotopic (exact) mass is 526 g/mol. The maximum absolute atomic E-state index is 13.1. The molecule has 1 aromatic heterocycles. The summed E-state index contributed by atoms with van der Waals surface area (Å²) < 4.78 is 1.90. The van der Waals surface area contributed by atoms with Crippen LogP contribution in [0.4, 0.5) is 4.79 Å². The van der Waals surface area contributed by atoms with E-state index in [1.807, 2.05) is 73.0 Å². The number of carbonyl (C=O) groups excluding carboxylic acids is 3. The maximum atomic E-state index is 13.1. The van der Waals surface area contributed by atoms with Crippen LogP contribution in [-0.2, 0) is 15.1 Å². The highest BCUT2D eigenvalue weighted by Gasteiger charge is 2.49. The molecule has 2 heterocycles. The summed E-state index contributed by atoms with van der Waals surface area (Å²) in [4.78, 5) is 38.6. The van der Waals surface area contributed by atoms with Gasteiger partial charge in [-0.15, -0.1) is 10.2 Å². The fourth-order valence-corrected chi connectivity index (χ4v) is 4.97. The Hall–Kier alpha value is -4.44. The van der Waals surface area contributed by atoms with E-state index in [0.29, 0.717) is 16.5 Å². The summed E-state index contributed by atoms with van der Waals surface area (Å²) in [7, 11) is 0. The van der Waals surface area contributed by atoms with Crippen LogP contribution in [-0.4, -0.2) is 43.4 Å². The largest absolute Gasteiger partial charge is 0.344 e. The molecular weight excluding hydrogens is 500 g/mol. The molecule has 0 saturated carbocycles. The number of benzene rings is 3. The number of aromatic nitrogens is 3. The minimum Gasteiger partial charge on any atom is -0.318 e. The Kier molecular flexibility index (Phi) is 6.73. The van der Waals surface area contributed by atoms with E-state index in [2.05, 4.69) is 20.9 Å². The Morgan fingerprint density at radius 3 is 2.32 bits per heavy atom. The van der Waals surface area contributed by atoms with E-state index in [-0.39, 0.29) is 5.75 Å². The number of urea groups is 1. The number of amides is 4. The highest BCUT2D eigenvalue weighted by atomic mass is 32.2. The number of hydrogen-bond donors (Lipinski definition) is 2. The van der Waals surface area contributed by atoms with Gasteiger partial charge in [-0.05, 0) is 49.6 Å². The van der Waals surface area contributed by atoms with Crippen molar-refractivity contribution in [1.82, 2.24) is 30.5 Å². The van der Waals surface area contributed by atoms with Crippen LogP contribution >= 0.6 is 11.8 Å². The van der Waals surface area contributed by atoms with Gasteiger partial charge in [0.2, 0.25) is 5.91 Å². The Balaban J connectivity index is 1.36. The van der Waals surface area contributed by atoms with Crippen molar-refractivity contribution in [3.05, 3.63) is 95.6 Å². The Bertz CT molecular complexity index is 1520. The van der Waals surface area contributed by atoms with Gasteiger partial charge in [-0.1, -0.05) is 78.5 Å². The van der Waals surface area contributed by atoms with Crippen LogP contribution in [0.15, 0.2) is 84.0 Å². The molecule has 0 aliphatic carbocycles. The fraction of sp³-hybridized carbons (Fsp3) is 0.179. The molecule has 0 bridgehead atoms. The van der Waals surface area contributed by atoms with Crippen molar-refractivity contribution in [2.75, 3.05) is 5.75 Å². The van der Waals surface area contributed by atoms with Gasteiger partial charge in [-0.25, -0.2) is 4.79 Å². The second kappa shape index (κ2) is 10.1. The highest BCUT2D eigenvalue weighted by molar-refractivity contribution is 7.99. The number of rotatable bonds is 7. The molecular formula is C28H26N6O3S. The minimum atomic E-state index is -1.27. The average Bonchev–Trinajstić information content (AvgIpc) is 3.45. The second-order valence-corrected chi connectivity index (χ2v) is 10.1. The number of aryl methyl sites for hydroxylation is 2. The zero-order chi connectivity index (χ0) is 26.9. The predicted octanol–water partition coefficient (Wildman–Crippen LogP) is 4.14. The summed E-state index contributed by atoms with van der Waals surface area (Å²) >= 11 is 1.17. The Labute approximate surface area is 224 Å². The standard InChI is InChI=1S/C28H26N6O3S/c1-18-14-15-22(16-19(18)2)33-24(20-10-6-4-7-11-20)30-31-27(33)38-17-23(35)32-34-25(36)28(3,29-26(34)37)21-12-8-5-9-13-21/h4-16H,17H2,1-3H3,(H,29,37)(H,32,35)/t28-/m1/s1. The molecule has 1 saturated heterocycles. The molecule has 0 spiro atoms. The number of thioether (sulfide) groups is 1. The van der Waals surface area contributed by atoms with Crippen LogP contribution in [0.3, 0.4) is 0 Å². The lowest BCUT2D eigenvalue weighted by Gasteiger charge is -2.22. The van der Waals surface area contributed by atoms with E-state index >= 15 is 0 Å². The summed E-state index contributed by atoms with van der Waals surface area (Å²) in [5, 5.41) is 12.7. The summed E-state index contributed by atoms with van der Waals surface area (Å²) in [6.07, 6.45) is 0. The van der Waals surface area contributed by atoms with Gasteiger partial charge in [0.1, 0.15) is 5.54 Å². The number of hydrazine groups is 1. The Morgan fingerprint density at radius 1 is 0.947 bits per heavy atom. The average molecular weight is 527 g/mol. The van der Waals surface area contributed by atoms with Crippen LogP contribution in [0.25, 0.3) is 17.1 Å². The number of carbonyl (C=O) groups is 3. The van der Waals surface area contributed by atoms with Gasteiger partial charge in [0.15, 0.2) is 11.0 Å². The molecule has 0 radical (unpaired) electrons. The van der Waals surface area contributed by atoms with Crippen molar-refractivity contribution in [1.29, 1.82) is 0 Å². The van der Waals surface area contributed by atoms with Crippen LogP contribution in [0.2, 0.25) is 0 Å². The van der Waals surface area contributed by atoms with Crippen LogP contribution < -0.4 is 10.7 Å². The lowest BCUT2D eigenvalue weighted by Crippen LogP contribution is -2.48. The SMILES string of the molecule is Cc1ccc(-n2c(SCC(=O)NN3C(=O)N[C@](C)(c4ccccc4)C3=O)nnc2-c2ccccc2)cc1C. The van der Waals surface area contributed by atoms with Gasteiger partial charge in [0.05, 0.1) is 11.4 Å². The number of nitrogens with zero attached hydrogens (tertiary/aromatic N) is 4. The zero-order valence-electron chi connectivity index (χ0n) is 21.1. The molecule has 1 atom stereocenters. The van der Waals surface area contributed by atoms with Gasteiger partial charge >= 0.3 is 6.03 Å². The van der Waals surface area contributed by atoms with E-state index < -0.39 is 23.4 Å². The smallest absolute Gasteiger partial charge is 0.318 e. The first kappa shape index (κ1) is 25.2.